The molecular formula is C14H20N4O. The van der Waals surface area contributed by atoms with Gasteiger partial charge < -0.3 is 16.4 Å². The molecule has 0 spiro atoms. The number of amides is 1. The molecule has 0 radical (unpaired) electrons. The first-order valence-electron chi connectivity index (χ1n) is 6.57. The lowest BCUT2D eigenvalue weighted by molar-refractivity contribution is 0.100. The van der Waals surface area contributed by atoms with E-state index in [2.05, 4.69) is 9.89 Å². The average Bonchev–Trinajstić information content (AvgIpc) is 2.38. The minimum Gasteiger partial charge on any atom is -0.371 e. The van der Waals surface area contributed by atoms with Gasteiger partial charge in [0.25, 0.3) is 5.91 Å². The van der Waals surface area contributed by atoms with E-state index in [4.69, 9.17) is 11.5 Å². The molecule has 0 unspecified atom stereocenters. The van der Waals surface area contributed by atoms with E-state index < -0.39 is 5.91 Å². The predicted octanol–water partition coefficient (Wildman–Crippen LogP) is 1.40. The number of aliphatic imine (C=N–C) groups is 1. The molecule has 1 aromatic carbocycles. The van der Waals surface area contributed by atoms with Gasteiger partial charge in [-0.15, -0.1) is 0 Å². The first-order valence-corrected chi connectivity index (χ1v) is 6.57. The summed E-state index contributed by atoms with van der Waals surface area (Å²) in [6, 6.07) is 5.61. The Kier molecular flexibility index (Phi) is 4.04. The molecule has 1 aromatic rings. The molecule has 0 atom stereocenters. The highest BCUT2D eigenvalue weighted by Crippen LogP contribution is 2.24. The van der Waals surface area contributed by atoms with Crippen LogP contribution in [-0.2, 0) is 0 Å². The minimum absolute atomic E-state index is 0.206. The normalized spacial score (nSPS) is 15.1. The molecule has 1 fully saturated rings. The van der Waals surface area contributed by atoms with E-state index in [1.165, 1.54) is 24.9 Å². The fourth-order valence-electron chi connectivity index (χ4n) is 2.46. The topological polar surface area (TPSA) is 84.7 Å². The Bertz CT molecular complexity index is 500. The fourth-order valence-corrected chi connectivity index (χ4v) is 2.46. The van der Waals surface area contributed by atoms with Crippen molar-refractivity contribution in [2.75, 3.05) is 18.0 Å². The van der Waals surface area contributed by atoms with Crippen LogP contribution in [0.25, 0.3) is 0 Å². The van der Waals surface area contributed by atoms with Crippen molar-refractivity contribution in [3.05, 3.63) is 29.3 Å². The van der Waals surface area contributed by atoms with Gasteiger partial charge >= 0.3 is 0 Å². The number of carbonyl (C=O) groups is 1. The molecule has 1 saturated heterocycles. The largest absolute Gasteiger partial charge is 0.371 e. The van der Waals surface area contributed by atoms with Gasteiger partial charge in [0.2, 0.25) is 0 Å². The number of aryl methyl sites for hydroxylation is 1. The number of hydrogen-bond acceptors (Lipinski definition) is 2. The summed E-state index contributed by atoms with van der Waals surface area (Å²) in [7, 11) is 0. The van der Waals surface area contributed by atoms with Crippen LogP contribution < -0.4 is 16.4 Å². The zero-order valence-electron chi connectivity index (χ0n) is 11.2. The van der Waals surface area contributed by atoms with Crippen LogP contribution in [-0.4, -0.2) is 25.0 Å². The van der Waals surface area contributed by atoms with E-state index in [0.717, 1.165) is 18.7 Å². The van der Waals surface area contributed by atoms with Crippen molar-refractivity contribution in [3.63, 3.8) is 0 Å². The zero-order chi connectivity index (χ0) is 13.8. The number of guanidine groups is 1. The Morgan fingerprint density at radius 2 is 1.89 bits per heavy atom. The van der Waals surface area contributed by atoms with Gasteiger partial charge in [-0.1, -0.05) is 0 Å². The monoisotopic (exact) mass is 260 g/mol. The highest BCUT2D eigenvalue weighted by atomic mass is 16.1. The fraction of sp³-hybridized carbons (Fsp3) is 0.429. The van der Waals surface area contributed by atoms with E-state index in [-0.39, 0.29) is 5.96 Å². The zero-order valence-corrected chi connectivity index (χ0v) is 11.2. The minimum atomic E-state index is -0.395. The molecule has 2 rings (SSSR count). The van der Waals surface area contributed by atoms with Crippen LogP contribution in [0.2, 0.25) is 0 Å². The number of nitrogens with zero attached hydrogens (tertiary/aromatic N) is 2. The standard InChI is InChI=1S/C14H20N4O/c1-10-9-11(13(19)17-14(15)16)5-6-12(10)18-7-3-2-4-8-18/h5-6,9H,2-4,7-8H2,1H3,(H4,15,16,17,19). The van der Waals surface area contributed by atoms with E-state index in [1.54, 1.807) is 6.07 Å². The van der Waals surface area contributed by atoms with Crippen molar-refractivity contribution in [3.8, 4) is 0 Å². The molecule has 0 saturated carbocycles. The number of rotatable bonds is 2. The summed E-state index contributed by atoms with van der Waals surface area (Å²) in [5.41, 5.74) is 13.2. The third-order valence-electron chi connectivity index (χ3n) is 3.37. The number of benzene rings is 1. The van der Waals surface area contributed by atoms with Crippen molar-refractivity contribution >= 4 is 17.6 Å². The molecule has 19 heavy (non-hydrogen) atoms. The number of nitrogens with two attached hydrogens (primary N) is 2. The lowest BCUT2D eigenvalue weighted by atomic mass is 10.1. The Balaban J connectivity index is 2.21. The first kappa shape index (κ1) is 13.4. The van der Waals surface area contributed by atoms with Crippen molar-refractivity contribution in [1.82, 2.24) is 0 Å². The molecule has 5 heteroatoms. The SMILES string of the molecule is Cc1cc(C(=O)N=C(N)N)ccc1N1CCCCC1. The van der Waals surface area contributed by atoms with Gasteiger partial charge in [-0.05, 0) is 49.9 Å². The number of hydrogen-bond donors (Lipinski definition) is 2. The quantitative estimate of drug-likeness (QED) is 0.621. The maximum atomic E-state index is 11.7. The first-order chi connectivity index (χ1) is 9.08. The van der Waals surface area contributed by atoms with Crippen molar-refractivity contribution in [1.29, 1.82) is 0 Å². The highest BCUT2D eigenvalue weighted by molar-refractivity contribution is 6.02. The predicted molar refractivity (Wildman–Crippen MR) is 77.4 cm³/mol. The van der Waals surface area contributed by atoms with E-state index >= 15 is 0 Å². The smallest absolute Gasteiger partial charge is 0.280 e. The third-order valence-corrected chi connectivity index (χ3v) is 3.37. The van der Waals surface area contributed by atoms with Crippen molar-refractivity contribution < 1.29 is 4.79 Å². The van der Waals surface area contributed by atoms with Crippen LogP contribution in [0.5, 0.6) is 0 Å². The summed E-state index contributed by atoms with van der Waals surface area (Å²) in [6.07, 6.45) is 3.76. The van der Waals surface area contributed by atoms with Crippen LogP contribution in [0.3, 0.4) is 0 Å². The summed E-state index contributed by atoms with van der Waals surface area (Å²) in [5, 5.41) is 0. The van der Waals surface area contributed by atoms with Crippen LogP contribution in [0.4, 0.5) is 5.69 Å². The van der Waals surface area contributed by atoms with Gasteiger partial charge in [-0.2, -0.15) is 4.99 Å². The summed E-state index contributed by atoms with van der Waals surface area (Å²) < 4.78 is 0. The van der Waals surface area contributed by atoms with Gasteiger partial charge in [0, 0.05) is 24.3 Å². The second kappa shape index (κ2) is 5.73. The van der Waals surface area contributed by atoms with Crippen molar-refractivity contribution in [2.24, 2.45) is 16.5 Å². The van der Waals surface area contributed by atoms with Crippen LogP contribution >= 0.6 is 0 Å². The van der Waals surface area contributed by atoms with Crippen molar-refractivity contribution in [2.45, 2.75) is 26.2 Å². The van der Waals surface area contributed by atoms with Crippen LogP contribution in [0.1, 0.15) is 35.2 Å². The molecular weight excluding hydrogens is 240 g/mol. The average molecular weight is 260 g/mol. The lowest BCUT2D eigenvalue weighted by Crippen LogP contribution is -2.30. The molecule has 5 nitrogen and oxygen atoms in total. The molecule has 4 N–H and O–H groups in total. The lowest BCUT2D eigenvalue weighted by Gasteiger charge is -2.30. The number of anilines is 1. The highest BCUT2D eigenvalue weighted by Gasteiger charge is 2.14. The van der Waals surface area contributed by atoms with Gasteiger partial charge in [-0.3, -0.25) is 4.79 Å². The van der Waals surface area contributed by atoms with Gasteiger partial charge in [-0.25, -0.2) is 0 Å². The Labute approximate surface area is 113 Å². The number of piperidine rings is 1. The maximum absolute atomic E-state index is 11.7. The van der Waals surface area contributed by atoms with E-state index in [0.29, 0.717) is 5.56 Å². The molecule has 0 aromatic heterocycles. The molecule has 0 bridgehead atoms. The maximum Gasteiger partial charge on any atom is 0.280 e. The molecule has 1 aliphatic rings. The number of carbonyl (C=O) groups excluding carboxylic acids is 1. The molecule has 102 valence electrons. The van der Waals surface area contributed by atoms with Gasteiger partial charge in [0.15, 0.2) is 5.96 Å². The Morgan fingerprint density at radius 3 is 2.47 bits per heavy atom. The van der Waals surface area contributed by atoms with Gasteiger partial charge in [0.05, 0.1) is 0 Å². The van der Waals surface area contributed by atoms with E-state index in [9.17, 15) is 4.79 Å². The molecule has 1 amide bonds. The van der Waals surface area contributed by atoms with E-state index in [1.807, 2.05) is 19.1 Å². The van der Waals surface area contributed by atoms with Crippen LogP contribution in [0, 0.1) is 6.92 Å². The second-order valence-corrected chi connectivity index (χ2v) is 4.89. The summed E-state index contributed by atoms with van der Waals surface area (Å²) in [6.45, 7) is 4.18. The van der Waals surface area contributed by atoms with Crippen LogP contribution in [0.15, 0.2) is 23.2 Å². The third kappa shape index (κ3) is 3.24. The molecule has 1 aliphatic heterocycles. The summed E-state index contributed by atoms with van der Waals surface area (Å²) in [5.74, 6) is -0.601. The molecule has 1 heterocycles. The Morgan fingerprint density at radius 1 is 1.21 bits per heavy atom. The van der Waals surface area contributed by atoms with Gasteiger partial charge in [0.1, 0.15) is 0 Å². The summed E-state index contributed by atoms with van der Waals surface area (Å²) >= 11 is 0. The Hall–Kier alpha value is -2.04. The molecule has 0 aliphatic carbocycles. The second-order valence-electron chi connectivity index (χ2n) is 4.89. The summed E-state index contributed by atoms with van der Waals surface area (Å²) in [4.78, 5) is 17.7.